The molecule has 1 aliphatic heterocycles. The molecule has 4 rings (SSSR count). The van der Waals surface area contributed by atoms with Crippen molar-refractivity contribution in [2.45, 2.75) is 38.5 Å². The number of nitrogens with one attached hydrogen (secondary N) is 1. The fourth-order valence-corrected chi connectivity index (χ4v) is 4.18. The molecule has 0 atom stereocenters. The third-order valence-corrected chi connectivity index (χ3v) is 6.11. The van der Waals surface area contributed by atoms with Crippen molar-refractivity contribution in [3.63, 3.8) is 0 Å². The van der Waals surface area contributed by atoms with Gasteiger partial charge in [0.1, 0.15) is 5.82 Å². The van der Waals surface area contributed by atoms with E-state index in [-0.39, 0.29) is 24.5 Å². The number of Topliss-reactive ketones (excluding diaryl/α,β-unsaturated/α-hetero) is 1. The second-order valence-electron chi connectivity index (χ2n) is 8.36. The summed E-state index contributed by atoms with van der Waals surface area (Å²) in [4.78, 5) is 33.9. The molecule has 1 N–H and O–H groups in total. The predicted molar refractivity (Wildman–Crippen MR) is 119 cm³/mol. The minimum atomic E-state index is -0.157. The van der Waals surface area contributed by atoms with Gasteiger partial charge in [-0.15, -0.1) is 0 Å². The Kier molecular flexibility index (Phi) is 6.43. The summed E-state index contributed by atoms with van der Waals surface area (Å²) in [6.45, 7) is 3.97. The number of fused-ring (bicyclic) bond motifs is 1. The summed E-state index contributed by atoms with van der Waals surface area (Å²) in [7, 11) is 2.12. The van der Waals surface area contributed by atoms with Crippen molar-refractivity contribution in [1.29, 1.82) is 0 Å². The zero-order valence-corrected chi connectivity index (χ0v) is 17.7. The van der Waals surface area contributed by atoms with Crippen LogP contribution in [0, 0.1) is 0 Å². The lowest BCUT2D eigenvalue weighted by Gasteiger charge is -2.33. The van der Waals surface area contributed by atoms with Gasteiger partial charge in [0.05, 0.1) is 11.9 Å². The Balaban J connectivity index is 1.27. The van der Waals surface area contributed by atoms with Crippen molar-refractivity contribution in [3.8, 4) is 0 Å². The van der Waals surface area contributed by atoms with Crippen LogP contribution in [0.2, 0.25) is 0 Å². The zero-order chi connectivity index (χ0) is 20.9. The zero-order valence-electron chi connectivity index (χ0n) is 17.7. The van der Waals surface area contributed by atoms with Gasteiger partial charge < -0.3 is 15.1 Å². The number of nitrogens with zero attached hydrogens (tertiary/aromatic N) is 3. The molecule has 2 aliphatic rings. The van der Waals surface area contributed by atoms with Crippen LogP contribution in [0.15, 0.2) is 36.5 Å². The molecule has 0 bridgehead atoms. The summed E-state index contributed by atoms with van der Waals surface area (Å²) in [5.41, 5.74) is 4.05. The van der Waals surface area contributed by atoms with Gasteiger partial charge in [0.2, 0.25) is 5.91 Å². The number of likely N-dealkylation sites (N-methyl/N-ethyl adjacent to an activating group) is 1. The number of hydrogen-bond donors (Lipinski definition) is 1. The van der Waals surface area contributed by atoms with E-state index < -0.39 is 0 Å². The summed E-state index contributed by atoms with van der Waals surface area (Å²) < 4.78 is 0. The largest absolute Gasteiger partial charge is 0.354 e. The quantitative estimate of drug-likeness (QED) is 0.746. The fraction of sp³-hybridized carbons (Fsp3) is 0.458. The van der Waals surface area contributed by atoms with Crippen LogP contribution >= 0.6 is 0 Å². The lowest BCUT2D eigenvalue weighted by atomic mass is 9.89. The summed E-state index contributed by atoms with van der Waals surface area (Å²) in [5.74, 6) is 0.807. The van der Waals surface area contributed by atoms with E-state index in [0.717, 1.165) is 50.4 Å². The number of anilines is 2. The Bertz CT molecular complexity index is 902. The van der Waals surface area contributed by atoms with E-state index in [1.807, 2.05) is 24.3 Å². The Hall–Kier alpha value is -2.73. The molecule has 0 spiro atoms. The number of carbonyl (C=O) groups excluding carboxylic acids is 2. The normalized spacial score (nSPS) is 16.8. The number of benzene rings is 1. The van der Waals surface area contributed by atoms with E-state index in [9.17, 15) is 9.59 Å². The number of hydrogen-bond acceptors (Lipinski definition) is 5. The molecule has 1 aliphatic carbocycles. The fourth-order valence-electron chi connectivity index (χ4n) is 4.18. The number of piperazine rings is 1. The highest BCUT2D eigenvalue weighted by Gasteiger charge is 2.16. The molecule has 2 aromatic rings. The number of amides is 1. The molecule has 158 valence electrons. The van der Waals surface area contributed by atoms with Crippen LogP contribution < -0.4 is 10.2 Å². The maximum atomic E-state index is 12.5. The lowest BCUT2D eigenvalue weighted by molar-refractivity contribution is -0.116. The van der Waals surface area contributed by atoms with Crippen LogP contribution in [-0.4, -0.2) is 54.8 Å². The molecule has 6 heteroatoms. The molecule has 0 radical (unpaired) electrons. The highest BCUT2D eigenvalue weighted by molar-refractivity contribution is 6.00. The van der Waals surface area contributed by atoms with Crippen molar-refractivity contribution in [2.24, 2.45) is 0 Å². The summed E-state index contributed by atoms with van der Waals surface area (Å²) in [6, 6.07) is 9.83. The van der Waals surface area contributed by atoms with Gasteiger partial charge in [0.15, 0.2) is 5.78 Å². The Morgan fingerprint density at radius 1 is 0.967 bits per heavy atom. The van der Waals surface area contributed by atoms with E-state index in [1.54, 1.807) is 6.20 Å². The highest BCUT2D eigenvalue weighted by atomic mass is 16.2. The third-order valence-electron chi connectivity index (χ3n) is 6.11. The topological polar surface area (TPSA) is 65.5 Å². The van der Waals surface area contributed by atoms with E-state index in [0.29, 0.717) is 5.69 Å². The van der Waals surface area contributed by atoms with Crippen molar-refractivity contribution < 1.29 is 9.59 Å². The van der Waals surface area contributed by atoms with Gasteiger partial charge in [-0.1, -0.05) is 12.1 Å². The first-order chi connectivity index (χ1) is 14.6. The standard InChI is InChI=1S/C24H30N4O2/c1-27-12-14-28(15-13-27)23-10-8-21(17-25-23)26-24(30)11-9-22(29)20-7-6-18-4-2-3-5-19(18)16-20/h6-8,10,16-17H,2-5,9,11-15H2,1H3,(H,26,30). The predicted octanol–water partition coefficient (Wildman–Crippen LogP) is 3.31. The van der Waals surface area contributed by atoms with Gasteiger partial charge in [-0.3, -0.25) is 9.59 Å². The Morgan fingerprint density at radius 2 is 1.73 bits per heavy atom. The average Bonchev–Trinajstić information content (AvgIpc) is 2.78. The first kappa shape index (κ1) is 20.5. The molecule has 1 aromatic carbocycles. The third kappa shape index (κ3) is 5.05. The Morgan fingerprint density at radius 3 is 2.47 bits per heavy atom. The molecule has 30 heavy (non-hydrogen) atoms. The van der Waals surface area contributed by atoms with E-state index in [1.165, 1.54) is 24.0 Å². The maximum Gasteiger partial charge on any atom is 0.224 e. The van der Waals surface area contributed by atoms with Gasteiger partial charge in [0.25, 0.3) is 0 Å². The minimum Gasteiger partial charge on any atom is -0.354 e. The van der Waals surface area contributed by atoms with Gasteiger partial charge in [-0.05, 0) is 62.1 Å². The second kappa shape index (κ2) is 9.39. The maximum absolute atomic E-state index is 12.5. The monoisotopic (exact) mass is 406 g/mol. The smallest absolute Gasteiger partial charge is 0.224 e. The molecule has 0 saturated carbocycles. The molecular formula is C24H30N4O2. The number of ketones is 1. The summed E-state index contributed by atoms with van der Waals surface area (Å²) in [5, 5.41) is 2.86. The number of aromatic nitrogens is 1. The summed E-state index contributed by atoms with van der Waals surface area (Å²) in [6.07, 6.45) is 6.66. The molecule has 1 saturated heterocycles. The van der Waals surface area contributed by atoms with Crippen LogP contribution in [0.1, 0.15) is 47.2 Å². The lowest BCUT2D eigenvalue weighted by Crippen LogP contribution is -2.44. The SMILES string of the molecule is CN1CCN(c2ccc(NC(=O)CCC(=O)c3ccc4c(c3)CCCC4)cn2)CC1. The number of carbonyl (C=O) groups is 2. The van der Waals surface area contributed by atoms with Crippen LogP contribution in [0.4, 0.5) is 11.5 Å². The van der Waals surface area contributed by atoms with E-state index in [4.69, 9.17) is 0 Å². The second-order valence-corrected chi connectivity index (χ2v) is 8.36. The average molecular weight is 407 g/mol. The van der Waals surface area contributed by atoms with Gasteiger partial charge >= 0.3 is 0 Å². The van der Waals surface area contributed by atoms with Crippen molar-refractivity contribution in [3.05, 3.63) is 53.2 Å². The minimum absolute atomic E-state index is 0.0297. The number of aryl methyl sites for hydroxylation is 2. The van der Waals surface area contributed by atoms with E-state index >= 15 is 0 Å². The van der Waals surface area contributed by atoms with Gasteiger partial charge in [0, 0.05) is 44.6 Å². The molecule has 0 unspecified atom stereocenters. The van der Waals surface area contributed by atoms with Gasteiger partial charge in [-0.25, -0.2) is 4.98 Å². The highest BCUT2D eigenvalue weighted by Crippen LogP contribution is 2.23. The first-order valence-corrected chi connectivity index (χ1v) is 10.9. The summed E-state index contributed by atoms with van der Waals surface area (Å²) >= 11 is 0. The van der Waals surface area contributed by atoms with Crippen LogP contribution in [0.25, 0.3) is 0 Å². The van der Waals surface area contributed by atoms with Crippen molar-refractivity contribution >= 4 is 23.2 Å². The van der Waals surface area contributed by atoms with E-state index in [2.05, 4.69) is 33.2 Å². The molecule has 2 heterocycles. The number of pyridine rings is 1. The Labute approximate surface area is 178 Å². The first-order valence-electron chi connectivity index (χ1n) is 10.9. The molecular weight excluding hydrogens is 376 g/mol. The van der Waals surface area contributed by atoms with Crippen molar-refractivity contribution in [2.75, 3.05) is 43.4 Å². The van der Waals surface area contributed by atoms with Crippen molar-refractivity contribution in [1.82, 2.24) is 9.88 Å². The molecule has 1 amide bonds. The molecule has 1 aromatic heterocycles. The van der Waals surface area contributed by atoms with Crippen LogP contribution in [0.3, 0.4) is 0 Å². The van der Waals surface area contributed by atoms with Crippen LogP contribution in [-0.2, 0) is 17.6 Å². The molecule has 1 fully saturated rings. The van der Waals surface area contributed by atoms with Crippen LogP contribution in [0.5, 0.6) is 0 Å². The number of rotatable bonds is 6. The van der Waals surface area contributed by atoms with Gasteiger partial charge in [-0.2, -0.15) is 0 Å². The molecule has 6 nitrogen and oxygen atoms in total.